The van der Waals surface area contributed by atoms with Gasteiger partial charge in [-0.2, -0.15) is 0 Å². The van der Waals surface area contributed by atoms with Gasteiger partial charge in [-0.1, -0.05) is 45.9 Å². The van der Waals surface area contributed by atoms with Crippen molar-refractivity contribution in [1.29, 1.82) is 0 Å². The maximum Gasteiger partial charge on any atom is 0.255 e. The lowest BCUT2D eigenvalue weighted by atomic mass is 9.93. The van der Waals surface area contributed by atoms with Crippen LogP contribution in [0.5, 0.6) is 5.75 Å². The molecule has 0 bridgehead atoms. The van der Waals surface area contributed by atoms with Crippen LogP contribution in [0.2, 0.25) is 0 Å². The molecule has 0 aliphatic heterocycles. The summed E-state index contributed by atoms with van der Waals surface area (Å²) < 4.78 is 0. The largest absolute Gasteiger partial charge is 0.507 e. The Balaban J connectivity index is 2.37. The summed E-state index contributed by atoms with van der Waals surface area (Å²) in [7, 11) is 0. The first kappa shape index (κ1) is 16.1. The molecule has 0 saturated heterocycles. The average Bonchev–Trinajstić information content (AvgIpc) is 2.49. The van der Waals surface area contributed by atoms with Gasteiger partial charge >= 0.3 is 0 Å². The standard InChI is InChI=1S/C19H23NO2/c1-12(2)16-10-15(11-17(13(3)4)18(16)21)20-19(22)14-8-6-5-7-9-14/h5-13,21H,1-4H3,(H,20,22). The molecule has 1 amide bonds. The molecule has 3 heteroatoms. The van der Waals surface area contributed by atoms with E-state index < -0.39 is 0 Å². The molecule has 116 valence electrons. The van der Waals surface area contributed by atoms with Crippen molar-refractivity contribution >= 4 is 11.6 Å². The first-order chi connectivity index (χ1) is 10.4. The van der Waals surface area contributed by atoms with Gasteiger partial charge in [0.15, 0.2) is 0 Å². The fraction of sp³-hybridized carbons (Fsp3) is 0.316. The van der Waals surface area contributed by atoms with Crippen molar-refractivity contribution in [3.63, 3.8) is 0 Å². The second-order valence-electron chi connectivity index (χ2n) is 6.13. The fourth-order valence-corrected chi connectivity index (χ4v) is 2.43. The van der Waals surface area contributed by atoms with Crippen molar-refractivity contribution in [1.82, 2.24) is 0 Å². The summed E-state index contributed by atoms with van der Waals surface area (Å²) in [4.78, 5) is 12.3. The third-order valence-electron chi connectivity index (χ3n) is 3.71. The Morgan fingerprint density at radius 2 is 1.45 bits per heavy atom. The summed E-state index contributed by atoms with van der Waals surface area (Å²) in [5.41, 5.74) is 3.05. The molecular weight excluding hydrogens is 274 g/mol. The number of aromatic hydroxyl groups is 1. The minimum absolute atomic E-state index is 0.143. The van der Waals surface area contributed by atoms with Gasteiger partial charge in [0.05, 0.1) is 0 Å². The van der Waals surface area contributed by atoms with Crippen molar-refractivity contribution in [2.75, 3.05) is 5.32 Å². The summed E-state index contributed by atoms with van der Waals surface area (Å²) in [6, 6.07) is 12.8. The Hall–Kier alpha value is -2.29. The molecule has 22 heavy (non-hydrogen) atoms. The lowest BCUT2D eigenvalue weighted by Crippen LogP contribution is -2.12. The van der Waals surface area contributed by atoms with Crippen LogP contribution in [0.25, 0.3) is 0 Å². The zero-order chi connectivity index (χ0) is 16.3. The fourth-order valence-electron chi connectivity index (χ4n) is 2.43. The summed E-state index contributed by atoms with van der Waals surface area (Å²) in [6.45, 7) is 8.12. The monoisotopic (exact) mass is 297 g/mol. The Labute approximate surface area is 132 Å². The van der Waals surface area contributed by atoms with E-state index >= 15 is 0 Å². The molecule has 2 aromatic carbocycles. The quantitative estimate of drug-likeness (QED) is 0.789. The number of phenols is 1. The highest BCUT2D eigenvalue weighted by Gasteiger charge is 2.16. The maximum absolute atomic E-state index is 12.3. The average molecular weight is 297 g/mol. The number of nitrogens with one attached hydrogen (secondary N) is 1. The molecule has 0 aliphatic rings. The predicted octanol–water partition coefficient (Wildman–Crippen LogP) is 4.89. The normalized spacial score (nSPS) is 11.0. The zero-order valence-electron chi connectivity index (χ0n) is 13.6. The molecule has 2 rings (SSSR count). The van der Waals surface area contributed by atoms with Gasteiger partial charge in [-0.05, 0) is 47.2 Å². The number of benzene rings is 2. The van der Waals surface area contributed by atoms with E-state index in [1.54, 1.807) is 12.1 Å². The van der Waals surface area contributed by atoms with Gasteiger partial charge in [-0.25, -0.2) is 0 Å². The van der Waals surface area contributed by atoms with Gasteiger partial charge in [0, 0.05) is 11.3 Å². The molecule has 0 unspecified atom stereocenters. The minimum atomic E-state index is -0.143. The molecule has 0 saturated carbocycles. The molecule has 0 fully saturated rings. The number of rotatable bonds is 4. The summed E-state index contributed by atoms with van der Waals surface area (Å²) in [5.74, 6) is 0.565. The molecule has 0 atom stereocenters. The first-order valence-corrected chi connectivity index (χ1v) is 7.63. The van der Waals surface area contributed by atoms with Crippen molar-refractivity contribution in [2.45, 2.75) is 39.5 Å². The summed E-state index contributed by atoms with van der Waals surface area (Å²) in [5, 5.41) is 13.3. The molecule has 0 heterocycles. The predicted molar refractivity (Wildman–Crippen MR) is 90.7 cm³/mol. The zero-order valence-corrected chi connectivity index (χ0v) is 13.6. The van der Waals surface area contributed by atoms with Crippen LogP contribution in [0.1, 0.15) is 61.0 Å². The van der Waals surface area contributed by atoms with Crippen LogP contribution in [0.3, 0.4) is 0 Å². The van der Waals surface area contributed by atoms with Gasteiger partial charge in [0.25, 0.3) is 5.91 Å². The van der Waals surface area contributed by atoms with Gasteiger partial charge in [-0.15, -0.1) is 0 Å². The molecule has 2 aromatic rings. The van der Waals surface area contributed by atoms with Crippen LogP contribution in [0.4, 0.5) is 5.69 Å². The van der Waals surface area contributed by atoms with Crippen LogP contribution in [0, 0.1) is 0 Å². The van der Waals surface area contributed by atoms with E-state index in [0.29, 0.717) is 11.3 Å². The molecular formula is C19H23NO2. The van der Waals surface area contributed by atoms with E-state index in [2.05, 4.69) is 5.32 Å². The SMILES string of the molecule is CC(C)c1cc(NC(=O)c2ccccc2)cc(C(C)C)c1O. The highest BCUT2D eigenvalue weighted by atomic mass is 16.3. The third-order valence-corrected chi connectivity index (χ3v) is 3.71. The van der Waals surface area contributed by atoms with Gasteiger partial charge in [0.1, 0.15) is 5.75 Å². The number of hydrogen-bond acceptors (Lipinski definition) is 2. The van der Waals surface area contributed by atoms with Gasteiger partial charge in [0.2, 0.25) is 0 Å². The van der Waals surface area contributed by atoms with Crippen molar-refractivity contribution in [3.8, 4) is 5.75 Å². The molecule has 2 N–H and O–H groups in total. The van der Waals surface area contributed by atoms with Crippen molar-refractivity contribution in [2.24, 2.45) is 0 Å². The van der Waals surface area contributed by atoms with E-state index in [9.17, 15) is 9.90 Å². The number of hydrogen-bond donors (Lipinski definition) is 2. The molecule has 3 nitrogen and oxygen atoms in total. The van der Waals surface area contributed by atoms with Crippen LogP contribution in [-0.2, 0) is 0 Å². The number of carbonyl (C=O) groups is 1. The summed E-state index contributed by atoms with van der Waals surface area (Å²) >= 11 is 0. The Morgan fingerprint density at radius 1 is 0.955 bits per heavy atom. The highest BCUT2D eigenvalue weighted by Crippen LogP contribution is 2.36. The molecule has 0 aliphatic carbocycles. The minimum Gasteiger partial charge on any atom is -0.507 e. The topological polar surface area (TPSA) is 49.3 Å². The Morgan fingerprint density at radius 3 is 1.91 bits per heavy atom. The first-order valence-electron chi connectivity index (χ1n) is 7.63. The molecule has 0 radical (unpaired) electrons. The van der Waals surface area contributed by atoms with Crippen LogP contribution in [-0.4, -0.2) is 11.0 Å². The summed E-state index contributed by atoms with van der Waals surface area (Å²) in [6.07, 6.45) is 0. The lowest BCUT2D eigenvalue weighted by Gasteiger charge is -2.18. The number of anilines is 1. The number of carbonyl (C=O) groups excluding carboxylic acids is 1. The van der Waals surface area contributed by atoms with Gasteiger partial charge in [-0.3, -0.25) is 4.79 Å². The van der Waals surface area contributed by atoms with Crippen molar-refractivity contribution < 1.29 is 9.90 Å². The van der Waals surface area contributed by atoms with E-state index in [1.165, 1.54) is 0 Å². The Bertz CT molecular complexity index is 631. The lowest BCUT2D eigenvalue weighted by molar-refractivity contribution is 0.102. The van der Waals surface area contributed by atoms with Crippen LogP contribution >= 0.6 is 0 Å². The second kappa shape index (κ2) is 6.65. The highest BCUT2D eigenvalue weighted by molar-refractivity contribution is 6.04. The van der Waals surface area contributed by atoms with E-state index in [4.69, 9.17) is 0 Å². The number of amides is 1. The van der Waals surface area contributed by atoms with E-state index in [1.807, 2.05) is 58.0 Å². The second-order valence-corrected chi connectivity index (χ2v) is 6.13. The van der Waals surface area contributed by atoms with E-state index in [-0.39, 0.29) is 17.7 Å². The smallest absolute Gasteiger partial charge is 0.255 e. The molecule has 0 spiro atoms. The molecule has 0 aromatic heterocycles. The third kappa shape index (κ3) is 3.48. The van der Waals surface area contributed by atoms with Gasteiger partial charge < -0.3 is 10.4 Å². The van der Waals surface area contributed by atoms with Crippen LogP contribution < -0.4 is 5.32 Å². The van der Waals surface area contributed by atoms with Crippen LogP contribution in [0.15, 0.2) is 42.5 Å². The number of phenolic OH excluding ortho intramolecular Hbond substituents is 1. The Kier molecular flexibility index (Phi) is 4.86. The van der Waals surface area contributed by atoms with E-state index in [0.717, 1.165) is 16.8 Å². The van der Waals surface area contributed by atoms with Crippen molar-refractivity contribution in [3.05, 3.63) is 59.2 Å². The maximum atomic E-state index is 12.3.